The zero-order chi connectivity index (χ0) is 20.8. The van der Waals surface area contributed by atoms with Crippen LogP contribution in [0.2, 0.25) is 0 Å². The number of carbonyl (C=O) groups is 1. The molecule has 1 atom stereocenters. The first-order valence-corrected chi connectivity index (χ1v) is 10.1. The van der Waals surface area contributed by atoms with Crippen molar-refractivity contribution >= 4 is 16.7 Å². The van der Waals surface area contributed by atoms with Gasteiger partial charge in [-0.3, -0.25) is 4.79 Å². The number of nitriles is 1. The number of nitrogens with two attached hydrogens (primary N) is 1. The lowest BCUT2D eigenvalue weighted by Gasteiger charge is -2.31. The van der Waals surface area contributed by atoms with Crippen molar-refractivity contribution in [2.45, 2.75) is 32.1 Å². The van der Waals surface area contributed by atoms with Crippen LogP contribution in [0.3, 0.4) is 0 Å². The summed E-state index contributed by atoms with van der Waals surface area (Å²) < 4.78 is 5.75. The van der Waals surface area contributed by atoms with Crippen LogP contribution in [0.4, 0.5) is 0 Å². The van der Waals surface area contributed by atoms with Gasteiger partial charge < -0.3 is 15.5 Å². The monoisotopic (exact) mass is 395 g/mol. The molecule has 0 saturated carbocycles. The summed E-state index contributed by atoms with van der Waals surface area (Å²) in [4.78, 5) is 16.5. The number of carbonyl (C=O) groups excluding carboxylic acids is 1. The molecule has 0 bridgehead atoms. The summed E-state index contributed by atoms with van der Waals surface area (Å²) >= 11 is 0. The van der Waals surface area contributed by atoms with Crippen LogP contribution in [-0.2, 0) is 9.53 Å². The number of aryl methyl sites for hydroxylation is 1. The normalized spacial score (nSPS) is 18.9. The molecule has 5 rings (SSSR count). The molecule has 1 aromatic heterocycles. The van der Waals surface area contributed by atoms with Crippen LogP contribution in [0.25, 0.3) is 22.2 Å². The van der Waals surface area contributed by atoms with Crippen LogP contribution in [0.5, 0.6) is 0 Å². The second-order valence-corrected chi connectivity index (χ2v) is 7.86. The van der Waals surface area contributed by atoms with Crippen LogP contribution in [0.1, 0.15) is 36.3 Å². The number of rotatable bonds is 2. The number of Topliss-reactive ketones (excluding diaryl/α,β-unsaturated/α-hetero) is 1. The fourth-order valence-corrected chi connectivity index (χ4v) is 4.56. The van der Waals surface area contributed by atoms with E-state index in [1.165, 1.54) is 0 Å². The molecule has 148 valence electrons. The molecule has 30 heavy (non-hydrogen) atoms. The highest BCUT2D eigenvalue weighted by molar-refractivity contribution is 6.02. The zero-order valence-electron chi connectivity index (χ0n) is 16.7. The number of nitrogens with zero attached hydrogens (tertiary/aromatic N) is 1. The molecule has 3 N–H and O–H groups in total. The number of ether oxygens (including phenoxy) is 1. The SMILES string of the molecule is Cc1ccc(-c2[nH]c3ccccc3c2C2C(C#N)=C(N)OC3=C2C(=O)CCC3)cc1. The standard InChI is InChI=1S/C25H21N3O2/c1-14-9-11-15(12-10-14)24-22(16-5-2-3-6-18(16)28-24)21-17(13-26)25(27)30-20-8-4-7-19(29)23(20)21/h2-3,5-6,9-12,21,28H,4,7-8,27H2,1H3. The maximum atomic E-state index is 13.0. The minimum Gasteiger partial charge on any atom is -0.444 e. The minimum atomic E-state index is -0.543. The molecule has 0 amide bonds. The van der Waals surface area contributed by atoms with Crippen LogP contribution >= 0.6 is 0 Å². The Balaban J connectivity index is 1.84. The maximum absolute atomic E-state index is 13.0. The Kier molecular flexibility index (Phi) is 4.22. The van der Waals surface area contributed by atoms with Gasteiger partial charge in [-0.25, -0.2) is 0 Å². The lowest BCUT2D eigenvalue weighted by Crippen LogP contribution is -2.27. The van der Waals surface area contributed by atoms with E-state index in [-0.39, 0.29) is 11.7 Å². The molecule has 5 heteroatoms. The van der Waals surface area contributed by atoms with Gasteiger partial charge in [-0.05, 0) is 30.5 Å². The summed E-state index contributed by atoms with van der Waals surface area (Å²) in [6, 6.07) is 18.4. The van der Waals surface area contributed by atoms with E-state index < -0.39 is 5.92 Å². The molecular weight excluding hydrogens is 374 g/mol. The van der Waals surface area contributed by atoms with Crippen molar-refractivity contribution in [1.29, 1.82) is 5.26 Å². The third-order valence-corrected chi connectivity index (χ3v) is 5.98. The lowest BCUT2D eigenvalue weighted by atomic mass is 9.76. The predicted octanol–water partition coefficient (Wildman–Crippen LogP) is 4.96. The fraction of sp³-hybridized carbons (Fsp3) is 0.200. The molecule has 0 spiro atoms. The van der Waals surface area contributed by atoms with Gasteiger partial charge in [0.2, 0.25) is 5.88 Å². The molecule has 0 saturated heterocycles. The number of ketones is 1. The quantitative estimate of drug-likeness (QED) is 0.642. The number of hydrogen-bond donors (Lipinski definition) is 2. The van der Waals surface area contributed by atoms with Crippen LogP contribution in [0.15, 0.2) is 71.3 Å². The highest BCUT2D eigenvalue weighted by Gasteiger charge is 2.40. The molecule has 1 aliphatic heterocycles. The van der Waals surface area contributed by atoms with E-state index in [1.54, 1.807) is 0 Å². The molecular formula is C25H21N3O2. The predicted molar refractivity (Wildman–Crippen MR) is 115 cm³/mol. The highest BCUT2D eigenvalue weighted by atomic mass is 16.5. The summed E-state index contributed by atoms with van der Waals surface area (Å²) in [5.74, 6) is 0.185. The Bertz CT molecular complexity index is 1290. The van der Waals surface area contributed by atoms with E-state index in [0.29, 0.717) is 29.7 Å². The Morgan fingerprint density at radius 1 is 1.13 bits per heavy atom. The molecule has 1 aliphatic carbocycles. The lowest BCUT2D eigenvalue weighted by molar-refractivity contribution is -0.116. The third-order valence-electron chi connectivity index (χ3n) is 5.98. The van der Waals surface area contributed by atoms with E-state index in [1.807, 2.05) is 31.2 Å². The summed E-state index contributed by atoms with van der Waals surface area (Å²) in [7, 11) is 0. The maximum Gasteiger partial charge on any atom is 0.205 e. The Labute approximate surface area is 174 Å². The first-order valence-electron chi connectivity index (χ1n) is 10.1. The summed E-state index contributed by atoms with van der Waals surface area (Å²) in [5, 5.41) is 10.9. The van der Waals surface area contributed by atoms with Gasteiger partial charge in [0.25, 0.3) is 0 Å². The van der Waals surface area contributed by atoms with E-state index >= 15 is 0 Å². The summed E-state index contributed by atoms with van der Waals surface area (Å²) in [5.41, 5.74) is 12.0. The molecule has 2 aliphatic rings. The highest BCUT2D eigenvalue weighted by Crippen LogP contribution is 2.48. The number of aromatic amines is 1. The van der Waals surface area contributed by atoms with Gasteiger partial charge in [0, 0.05) is 29.3 Å². The number of allylic oxidation sites excluding steroid dienone is 3. The van der Waals surface area contributed by atoms with E-state index in [0.717, 1.165) is 39.7 Å². The largest absolute Gasteiger partial charge is 0.444 e. The summed E-state index contributed by atoms with van der Waals surface area (Å²) in [6.07, 6.45) is 1.84. The number of fused-ring (bicyclic) bond motifs is 1. The number of aromatic nitrogens is 1. The molecule has 0 radical (unpaired) electrons. The van der Waals surface area contributed by atoms with Gasteiger partial charge >= 0.3 is 0 Å². The van der Waals surface area contributed by atoms with Gasteiger partial charge in [0.05, 0.1) is 11.6 Å². The molecule has 2 heterocycles. The van der Waals surface area contributed by atoms with Gasteiger partial charge in [-0.2, -0.15) is 5.26 Å². The van der Waals surface area contributed by atoms with E-state index in [4.69, 9.17) is 10.5 Å². The Morgan fingerprint density at radius 3 is 2.67 bits per heavy atom. The van der Waals surface area contributed by atoms with Crippen LogP contribution < -0.4 is 5.73 Å². The second-order valence-electron chi connectivity index (χ2n) is 7.86. The van der Waals surface area contributed by atoms with Crippen molar-refractivity contribution in [2.75, 3.05) is 0 Å². The van der Waals surface area contributed by atoms with Gasteiger partial charge in [-0.15, -0.1) is 0 Å². The second kappa shape index (κ2) is 6.93. The van der Waals surface area contributed by atoms with Gasteiger partial charge in [0.15, 0.2) is 5.78 Å². The number of para-hydroxylation sites is 1. The smallest absolute Gasteiger partial charge is 0.205 e. The Morgan fingerprint density at radius 2 is 1.90 bits per heavy atom. The van der Waals surface area contributed by atoms with E-state index in [2.05, 4.69) is 35.3 Å². The number of H-pyrrole nitrogens is 1. The first-order chi connectivity index (χ1) is 14.6. The van der Waals surface area contributed by atoms with Crippen molar-refractivity contribution in [1.82, 2.24) is 4.98 Å². The molecule has 0 fully saturated rings. The number of nitrogens with one attached hydrogen (secondary N) is 1. The van der Waals surface area contributed by atoms with Gasteiger partial charge in [-0.1, -0.05) is 48.0 Å². The number of benzene rings is 2. The Hall–Kier alpha value is -3.78. The average Bonchev–Trinajstić information content (AvgIpc) is 3.12. The van der Waals surface area contributed by atoms with Gasteiger partial charge in [0.1, 0.15) is 17.4 Å². The van der Waals surface area contributed by atoms with Crippen molar-refractivity contribution in [3.63, 3.8) is 0 Å². The van der Waals surface area contributed by atoms with Crippen molar-refractivity contribution in [3.05, 3.63) is 82.4 Å². The van der Waals surface area contributed by atoms with Crippen LogP contribution in [-0.4, -0.2) is 10.8 Å². The van der Waals surface area contributed by atoms with Crippen molar-refractivity contribution < 1.29 is 9.53 Å². The zero-order valence-corrected chi connectivity index (χ0v) is 16.7. The van der Waals surface area contributed by atoms with E-state index in [9.17, 15) is 10.1 Å². The molecule has 2 aromatic carbocycles. The third kappa shape index (κ3) is 2.73. The first kappa shape index (κ1) is 18.3. The number of hydrogen-bond acceptors (Lipinski definition) is 4. The summed E-state index contributed by atoms with van der Waals surface area (Å²) in [6.45, 7) is 2.05. The average molecular weight is 395 g/mol. The minimum absolute atomic E-state index is 0.0293. The molecule has 3 aromatic rings. The molecule has 5 nitrogen and oxygen atoms in total. The van der Waals surface area contributed by atoms with Crippen molar-refractivity contribution in [3.8, 4) is 17.3 Å². The van der Waals surface area contributed by atoms with Crippen LogP contribution in [0, 0.1) is 18.3 Å². The molecule has 1 unspecified atom stereocenters. The topological polar surface area (TPSA) is 91.9 Å². The fourth-order valence-electron chi connectivity index (χ4n) is 4.56. The van der Waals surface area contributed by atoms with Crippen molar-refractivity contribution in [2.24, 2.45) is 5.73 Å².